The van der Waals surface area contributed by atoms with Crippen LogP contribution in [0.2, 0.25) is 0 Å². The van der Waals surface area contributed by atoms with Crippen molar-refractivity contribution in [2.24, 2.45) is 0 Å². The quantitative estimate of drug-likeness (QED) is 0.588. The van der Waals surface area contributed by atoms with Crippen LogP contribution in [-0.2, 0) is 0 Å². The van der Waals surface area contributed by atoms with E-state index in [1.54, 1.807) is 6.33 Å². The fraction of sp³-hybridized carbons (Fsp3) is 0.636. The van der Waals surface area contributed by atoms with Crippen LogP contribution in [-0.4, -0.2) is 28.5 Å². The number of hydrogen-bond donors (Lipinski definition) is 1. The van der Waals surface area contributed by atoms with E-state index in [-0.39, 0.29) is 0 Å². The standard InChI is InChI=1S/C11H18BrN3S/c1-16-7-5-3-2-4-6-13-11-8-10(12)14-9-15-11/h8-9H,2-7H2,1H3,(H,13,14,15). The minimum absolute atomic E-state index is 0.824. The minimum Gasteiger partial charge on any atom is -0.370 e. The summed E-state index contributed by atoms with van der Waals surface area (Å²) >= 11 is 5.25. The molecule has 1 heterocycles. The van der Waals surface area contributed by atoms with Gasteiger partial charge in [-0.1, -0.05) is 12.8 Å². The summed E-state index contributed by atoms with van der Waals surface area (Å²) in [5.41, 5.74) is 0. The molecular weight excluding hydrogens is 286 g/mol. The fourth-order valence-electron chi connectivity index (χ4n) is 1.37. The van der Waals surface area contributed by atoms with Gasteiger partial charge in [-0.25, -0.2) is 9.97 Å². The molecule has 3 nitrogen and oxygen atoms in total. The van der Waals surface area contributed by atoms with Crippen molar-refractivity contribution in [3.8, 4) is 0 Å². The first-order valence-electron chi connectivity index (χ1n) is 5.53. The summed E-state index contributed by atoms with van der Waals surface area (Å²) in [6.45, 7) is 0.989. The van der Waals surface area contributed by atoms with Crippen LogP contribution < -0.4 is 5.32 Å². The van der Waals surface area contributed by atoms with Crippen molar-refractivity contribution in [3.63, 3.8) is 0 Å². The van der Waals surface area contributed by atoms with Crippen molar-refractivity contribution in [2.75, 3.05) is 23.9 Å². The lowest BCUT2D eigenvalue weighted by atomic mass is 10.2. The molecule has 1 aromatic rings. The Bertz CT molecular complexity index is 296. The van der Waals surface area contributed by atoms with E-state index >= 15 is 0 Å². The van der Waals surface area contributed by atoms with Crippen LogP contribution >= 0.6 is 27.7 Å². The molecule has 0 amide bonds. The summed E-state index contributed by atoms with van der Waals surface area (Å²) in [5, 5.41) is 3.29. The van der Waals surface area contributed by atoms with Crippen LogP contribution in [0.3, 0.4) is 0 Å². The maximum Gasteiger partial charge on any atom is 0.130 e. The molecule has 0 aromatic carbocycles. The second-order valence-corrected chi connectivity index (χ2v) is 5.36. The molecule has 0 unspecified atom stereocenters. The molecule has 0 aliphatic carbocycles. The molecule has 0 fully saturated rings. The lowest BCUT2D eigenvalue weighted by molar-refractivity contribution is 0.688. The van der Waals surface area contributed by atoms with Crippen LogP contribution in [0.4, 0.5) is 5.82 Å². The summed E-state index contributed by atoms with van der Waals surface area (Å²) in [5.74, 6) is 2.18. The molecular formula is C11H18BrN3S. The zero-order valence-corrected chi connectivity index (χ0v) is 12.0. The molecule has 0 saturated heterocycles. The maximum absolute atomic E-state index is 4.13. The third kappa shape index (κ3) is 6.33. The van der Waals surface area contributed by atoms with Crippen LogP contribution in [0.5, 0.6) is 0 Å². The Labute approximate surface area is 110 Å². The lowest BCUT2D eigenvalue weighted by Crippen LogP contribution is -2.03. The van der Waals surface area contributed by atoms with Gasteiger partial charge in [0.15, 0.2) is 0 Å². The first kappa shape index (κ1) is 13.8. The highest BCUT2D eigenvalue weighted by Gasteiger charge is 1.95. The average molecular weight is 304 g/mol. The summed E-state index contributed by atoms with van der Waals surface area (Å²) in [6.07, 6.45) is 8.88. The van der Waals surface area contributed by atoms with E-state index in [9.17, 15) is 0 Å². The number of thioether (sulfide) groups is 1. The number of aromatic nitrogens is 2. The molecule has 1 N–H and O–H groups in total. The van der Waals surface area contributed by atoms with Gasteiger partial charge in [0.25, 0.3) is 0 Å². The molecule has 0 bridgehead atoms. The average Bonchev–Trinajstić information content (AvgIpc) is 2.28. The number of unbranched alkanes of at least 4 members (excludes halogenated alkanes) is 3. The summed E-state index contributed by atoms with van der Waals surface area (Å²) in [6, 6.07) is 1.90. The van der Waals surface area contributed by atoms with Crippen LogP contribution in [0.1, 0.15) is 25.7 Å². The van der Waals surface area contributed by atoms with Crippen molar-refractivity contribution in [1.82, 2.24) is 9.97 Å². The van der Waals surface area contributed by atoms with E-state index < -0.39 is 0 Å². The Morgan fingerprint density at radius 1 is 1.25 bits per heavy atom. The van der Waals surface area contributed by atoms with Gasteiger partial charge in [-0.05, 0) is 40.8 Å². The van der Waals surface area contributed by atoms with E-state index in [4.69, 9.17) is 0 Å². The topological polar surface area (TPSA) is 37.8 Å². The van der Waals surface area contributed by atoms with Crippen molar-refractivity contribution in [3.05, 3.63) is 17.0 Å². The van der Waals surface area contributed by atoms with E-state index in [0.717, 1.165) is 17.0 Å². The monoisotopic (exact) mass is 303 g/mol. The molecule has 0 saturated carbocycles. The van der Waals surface area contributed by atoms with E-state index in [1.807, 2.05) is 17.8 Å². The maximum atomic E-state index is 4.13. The zero-order valence-electron chi connectivity index (χ0n) is 9.58. The lowest BCUT2D eigenvalue weighted by Gasteiger charge is -2.05. The van der Waals surface area contributed by atoms with Crippen molar-refractivity contribution in [2.45, 2.75) is 25.7 Å². The number of hydrogen-bond acceptors (Lipinski definition) is 4. The fourth-order valence-corrected chi connectivity index (χ4v) is 2.17. The molecule has 1 aromatic heterocycles. The molecule has 90 valence electrons. The van der Waals surface area contributed by atoms with Gasteiger partial charge in [0.2, 0.25) is 0 Å². The molecule has 0 radical (unpaired) electrons. The molecule has 0 atom stereocenters. The number of nitrogens with one attached hydrogen (secondary N) is 1. The van der Waals surface area contributed by atoms with Gasteiger partial charge in [-0.2, -0.15) is 11.8 Å². The SMILES string of the molecule is CSCCCCCCNc1cc(Br)ncn1. The second-order valence-electron chi connectivity index (χ2n) is 3.56. The third-order valence-corrected chi connectivity index (χ3v) is 3.35. The number of anilines is 1. The Kier molecular flexibility index (Phi) is 7.59. The molecule has 1 rings (SSSR count). The van der Waals surface area contributed by atoms with Crippen LogP contribution in [0.25, 0.3) is 0 Å². The minimum atomic E-state index is 0.824. The molecule has 0 aliphatic heterocycles. The first-order valence-corrected chi connectivity index (χ1v) is 7.72. The van der Waals surface area contributed by atoms with Gasteiger partial charge >= 0.3 is 0 Å². The van der Waals surface area contributed by atoms with E-state index in [1.165, 1.54) is 31.4 Å². The zero-order chi connectivity index (χ0) is 11.6. The highest BCUT2D eigenvalue weighted by molar-refractivity contribution is 9.10. The van der Waals surface area contributed by atoms with Gasteiger partial charge in [-0.15, -0.1) is 0 Å². The number of nitrogens with zero attached hydrogens (tertiary/aromatic N) is 2. The van der Waals surface area contributed by atoms with Gasteiger partial charge in [0.05, 0.1) is 0 Å². The Morgan fingerprint density at radius 3 is 2.81 bits per heavy atom. The Hall–Kier alpha value is -0.290. The normalized spacial score (nSPS) is 10.4. The summed E-state index contributed by atoms with van der Waals surface area (Å²) in [4.78, 5) is 8.11. The van der Waals surface area contributed by atoms with E-state index in [2.05, 4.69) is 37.5 Å². The Morgan fingerprint density at radius 2 is 2.06 bits per heavy atom. The van der Waals surface area contributed by atoms with Gasteiger partial charge < -0.3 is 5.32 Å². The highest BCUT2D eigenvalue weighted by Crippen LogP contribution is 2.10. The molecule has 0 aliphatic rings. The number of halogens is 1. The predicted molar refractivity (Wildman–Crippen MR) is 75.1 cm³/mol. The first-order chi connectivity index (χ1) is 7.83. The predicted octanol–water partition coefficient (Wildman–Crippen LogP) is 3.57. The molecule has 5 heteroatoms. The van der Waals surface area contributed by atoms with E-state index in [0.29, 0.717) is 0 Å². The van der Waals surface area contributed by atoms with Crippen molar-refractivity contribution >= 4 is 33.5 Å². The largest absolute Gasteiger partial charge is 0.370 e. The van der Waals surface area contributed by atoms with Gasteiger partial charge in [0, 0.05) is 12.6 Å². The van der Waals surface area contributed by atoms with Gasteiger partial charge in [0.1, 0.15) is 16.7 Å². The summed E-state index contributed by atoms with van der Waals surface area (Å²) < 4.78 is 0.824. The molecule has 0 spiro atoms. The highest BCUT2D eigenvalue weighted by atomic mass is 79.9. The second kappa shape index (κ2) is 8.82. The van der Waals surface area contributed by atoms with Crippen LogP contribution in [0.15, 0.2) is 17.0 Å². The van der Waals surface area contributed by atoms with Gasteiger partial charge in [-0.3, -0.25) is 0 Å². The third-order valence-electron chi connectivity index (χ3n) is 2.22. The summed E-state index contributed by atoms with van der Waals surface area (Å²) in [7, 11) is 0. The number of rotatable bonds is 8. The Balaban J connectivity index is 2.03. The molecule has 16 heavy (non-hydrogen) atoms. The smallest absolute Gasteiger partial charge is 0.130 e. The van der Waals surface area contributed by atoms with Crippen LogP contribution in [0, 0.1) is 0 Å². The van der Waals surface area contributed by atoms with Crippen molar-refractivity contribution < 1.29 is 0 Å². The van der Waals surface area contributed by atoms with Crippen molar-refractivity contribution in [1.29, 1.82) is 0 Å².